The van der Waals surface area contributed by atoms with Crippen molar-refractivity contribution in [2.24, 2.45) is 5.92 Å². The van der Waals surface area contributed by atoms with Gasteiger partial charge in [0, 0.05) is 13.1 Å². The maximum atomic E-state index is 11.6. The van der Waals surface area contributed by atoms with Gasteiger partial charge in [0.2, 0.25) is 0 Å². The molecule has 1 heterocycles. The lowest BCUT2D eigenvalue weighted by Crippen LogP contribution is -2.39. The fourth-order valence-electron chi connectivity index (χ4n) is 2.56. The largest absolute Gasteiger partial charge is 0.465 e. The Labute approximate surface area is 103 Å². The number of rotatable bonds is 4. The number of carbonyl (C=O) groups excluding carboxylic acids is 1. The summed E-state index contributed by atoms with van der Waals surface area (Å²) in [6.07, 6.45) is 6.74. The van der Waals surface area contributed by atoms with Gasteiger partial charge in [0.1, 0.15) is 0 Å². The van der Waals surface area contributed by atoms with E-state index in [2.05, 4.69) is 5.32 Å². The summed E-state index contributed by atoms with van der Waals surface area (Å²) in [7, 11) is 0. The monoisotopic (exact) mass is 241 g/mol. The van der Waals surface area contributed by atoms with E-state index in [1.807, 2.05) is 0 Å². The molecule has 1 N–H and O–H groups in total. The highest BCUT2D eigenvalue weighted by molar-refractivity contribution is 5.70. The van der Waals surface area contributed by atoms with E-state index in [0.717, 1.165) is 13.1 Å². The Balaban J connectivity index is 1.59. The summed E-state index contributed by atoms with van der Waals surface area (Å²) in [6.45, 7) is 2.95. The van der Waals surface area contributed by atoms with E-state index in [1.165, 1.54) is 32.1 Å². The summed E-state index contributed by atoms with van der Waals surface area (Å²) < 4.78 is 10.8. The Bertz CT molecular complexity index is 233. The van der Waals surface area contributed by atoms with Crippen LogP contribution in [0.3, 0.4) is 0 Å². The van der Waals surface area contributed by atoms with E-state index in [-0.39, 0.29) is 12.1 Å². The van der Waals surface area contributed by atoms with Gasteiger partial charge < -0.3 is 14.8 Å². The van der Waals surface area contributed by atoms with Gasteiger partial charge in [-0.25, -0.2) is 0 Å². The molecule has 0 aromatic heterocycles. The Morgan fingerprint density at radius 1 is 1.29 bits per heavy atom. The number of morpholine rings is 1. The number of ether oxygens (including phenoxy) is 2. The number of nitrogens with one attached hydrogen (secondary N) is 1. The third-order valence-electron chi connectivity index (χ3n) is 3.60. The molecule has 0 radical (unpaired) electrons. The van der Waals surface area contributed by atoms with Crippen molar-refractivity contribution in [1.82, 2.24) is 5.32 Å². The maximum absolute atomic E-state index is 11.6. The molecule has 4 nitrogen and oxygen atoms in total. The quantitative estimate of drug-likeness (QED) is 0.758. The zero-order valence-electron chi connectivity index (χ0n) is 10.5. The minimum atomic E-state index is -0.107. The van der Waals surface area contributed by atoms with Gasteiger partial charge in [0.05, 0.1) is 25.7 Å². The summed E-state index contributed by atoms with van der Waals surface area (Å²) >= 11 is 0. The molecule has 1 aliphatic carbocycles. The first-order valence-corrected chi connectivity index (χ1v) is 6.82. The summed E-state index contributed by atoms with van der Waals surface area (Å²) in [5, 5.41) is 3.21. The molecule has 1 saturated heterocycles. The molecule has 0 bridgehead atoms. The summed E-state index contributed by atoms with van der Waals surface area (Å²) in [6, 6.07) is 0. The van der Waals surface area contributed by atoms with Crippen LogP contribution in [0.4, 0.5) is 0 Å². The van der Waals surface area contributed by atoms with Crippen LogP contribution >= 0.6 is 0 Å². The minimum absolute atomic E-state index is 0.00241. The Hall–Kier alpha value is -0.610. The molecule has 0 spiro atoms. The van der Waals surface area contributed by atoms with Crippen LogP contribution in [0, 0.1) is 5.92 Å². The molecule has 1 unspecified atom stereocenters. The topological polar surface area (TPSA) is 47.6 Å². The minimum Gasteiger partial charge on any atom is -0.465 e. The fraction of sp³-hybridized carbons (Fsp3) is 0.923. The van der Waals surface area contributed by atoms with Crippen LogP contribution in [0.5, 0.6) is 0 Å². The predicted molar refractivity (Wildman–Crippen MR) is 64.8 cm³/mol. The van der Waals surface area contributed by atoms with Crippen LogP contribution in [0.15, 0.2) is 0 Å². The van der Waals surface area contributed by atoms with Crippen molar-refractivity contribution in [3.05, 3.63) is 0 Å². The van der Waals surface area contributed by atoms with Gasteiger partial charge in [-0.3, -0.25) is 4.79 Å². The predicted octanol–water partition coefficient (Wildman–Crippen LogP) is 1.49. The van der Waals surface area contributed by atoms with Gasteiger partial charge in [0.25, 0.3) is 0 Å². The molecule has 17 heavy (non-hydrogen) atoms. The Morgan fingerprint density at radius 2 is 2.12 bits per heavy atom. The average Bonchev–Trinajstić information content (AvgIpc) is 2.39. The Kier molecular flexibility index (Phi) is 5.26. The molecule has 2 aliphatic rings. The molecular weight excluding hydrogens is 218 g/mol. The van der Waals surface area contributed by atoms with E-state index in [1.54, 1.807) is 0 Å². The van der Waals surface area contributed by atoms with Crippen molar-refractivity contribution in [3.8, 4) is 0 Å². The summed E-state index contributed by atoms with van der Waals surface area (Å²) in [5.74, 6) is 0.488. The van der Waals surface area contributed by atoms with Crippen LogP contribution in [0.1, 0.15) is 38.5 Å². The van der Waals surface area contributed by atoms with Crippen molar-refractivity contribution >= 4 is 5.97 Å². The number of esters is 1. The maximum Gasteiger partial charge on any atom is 0.308 e. The van der Waals surface area contributed by atoms with Gasteiger partial charge in [-0.15, -0.1) is 0 Å². The van der Waals surface area contributed by atoms with Crippen LogP contribution in [-0.2, 0) is 14.3 Å². The van der Waals surface area contributed by atoms with Gasteiger partial charge in [-0.1, -0.05) is 19.3 Å². The van der Waals surface area contributed by atoms with E-state index in [4.69, 9.17) is 9.47 Å². The lowest BCUT2D eigenvalue weighted by molar-refractivity contribution is -0.149. The van der Waals surface area contributed by atoms with E-state index < -0.39 is 0 Å². The molecule has 0 aromatic carbocycles. The van der Waals surface area contributed by atoms with Crippen LogP contribution in [0.25, 0.3) is 0 Å². The number of hydrogen-bond donors (Lipinski definition) is 1. The lowest BCUT2D eigenvalue weighted by atomic mass is 9.90. The first kappa shape index (κ1) is 12.8. The van der Waals surface area contributed by atoms with Crippen LogP contribution in [0.2, 0.25) is 0 Å². The SMILES string of the molecule is O=C(CC1CNCCO1)OCC1CCCCC1. The molecule has 1 aliphatic heterocycles. The molecule has 1 saturated carbocycles. The zero-order chi connectivity index (χ0) is 11.9. The molecule has 4 heteroatoms. The Morgan fingerprint density at radius 3 is 2.82 bits per heavy atom. The second-order valence-corrected chi connectivity index (χ2v) is 5.09. The van der Waals surface area contributed by atoms with Gasteiger partial charge in [-0.2, -0.15) is 0 Å². The molecule has 0 aromatic rings. The number of carbonyl (C=O) groups is 1. The van der Waals surface area contributed by atoms with E-state index in [9.17, 15) is 4.79 Å². The van der Waals surface area contributed by atoms with Crippen molar-refractivity contribution in [2.45, 2.75) is 44.6 Å². The molecular formula is C13H23NO3. The third kappa shape index (κ3) is 4.64. The molecule has 0 amide bonds. The first-order valence-electron chi connectivity index (χ1n) is 6.82. The van der Waals surface area contributed by atoms with Crippen molar-refractivity contribution in [1.29, 1.82) is 0 Å². The van der Waals surface area contributed by atoms with Crippen molar-refractivity contribution < 1.29 is 14.3 Å². The fourth-order valence-corrected chi connectivity index (χ4v) is 2.56. The molecule has 2 rings (SSSR count). The lowest BCUT2D eigenvalue weighted by Gasteiger charge is -2.24. The molecule has 2 fully saturated rings. The standard InChI is InChI=1S/C13H23NO3/c15-13(8-12-9-14-6-7-16-12)17-10-11-4-2-1-3-5-11/h11-12,14H,1-10H2. The van der Waals surface area contributed by atoms with Crippen LogP contribution in [-0.4, -0.2) is 38.4 Å². The smallest absolute Gasteiger partial charge is 0.308 e. The highest BCUT2D eigenvalue weighted by Crippen LogP contribution is 2.23. The van der Waals surface area contributed by atoms with Crippen molar-refractivity contribution in [3.63, 3.8) is 0 Å². The third-order valence-corrected chi connectivity index (χ3v) is 3.60. The highest BCUT2D eigenvalue weighted by Gasteiger charge is 2.20. The second-order valence-electron chi connectivity index (χ2n) is 5.09. The number of hydrogen-bond acceptors (Lipinski definition) is 4. The average molecular weight is 241 g/mol. The van der Waals surface area contributed by atoms with Gasteiger partial charge >= 0.3 is 5.97 Å². The normalized spacial score (nSPS) is 26.7. The first-order chi connectivity index (χ1) is 8.34. The van der Waals surface area contributed by atoms with E-state index >= 15 is 0 Å². The molecule has 1 atom stereocenters. The van der Waals surface area contributed by atoms with Crippen molar-refractivity contribution in [2.75, 3.05) is 26.3 Å². The van der Waals surface area contributed by atoms with Crippen LogP contribution < -0.4 is 5.32 Å². The van der Waals surface area contributed by atoms with Gasteiger partial charge in [0.15, 0.2) is 0 Å². The van der Waals surface area contributed by atoms with Gasteiger partial charge in [-0.05, 0) is 18.8 Å². The van der Waals surface area contributed by atoms with E-state index in [0.29, 0.717) is 25.6 Å². The highest BCUT2D eigenvalue weighted by atomic mass is 16.5. The second kappa shape index (κ2) is 6.97. The summed E-state index contributed by atoms with van der Waals surface area (Å²) in [4.78, 5) is 11.6. The zero-order valence-corrected chi connectivity index (χ0v) is 10.5. The summed E-state index contributed by atoms with van der Waals surface area (Å²) in [5.41, 5.74) is 0. The molecule has 98 valence electrons.